The second-order valence-electron chi connectivity index (χ2n) is 5.41. The highest BCUT2D eigenvalue weighted by Crippen LogP contribution is 2.28. The molecular formula is C14H18N2O. The first kappa shape index (κ1) is 11.7. The summed E-state index contributed by atoms with van der Waals surface area (Å²) < 4.78 is 5.78. The zero-order chi connectivity index (χ0) is 12.6. The van der Waals surface area contributed by atoms with Crippen LogP contribution >= 0.6 is 0 Å². The number of hydrogen-bond donors (Lipinski definition) is 1. The lowest BCUT2D eigenvalue weighted by atomic mass is 9.94. The van der Waals surface area contributed by atoms with Crippen LogP contribution in [0.15, 0.2) is 28.8 Å². The maximum atomic E-state index is 5.82. The van der Waals surface area contributed by atoms with E-state index in [4.69, 9.17) is 10.2 Å². The summed E-state index contributed by atoms with van der Waals surface area (Å²) in [4.78, 5) is 4.31. The van der Waals surface area contributed by atoms with Crippen molar-refractivity contribution in [3.8, 4) is 11.5 Å². The van der Waals surface area contributed by atoms with Crippen LogP contribution in [-0.4, -0.2) is 4.98 Å². The van der Waals surface area contributed by atoms with Gasteiger partial charge >= 0.3 is 0 Å². The van der Waals surface area contributed by atoms with Crippen LogP contribution in [0.4, 0.5) is 5.69 Å². The Hall–Kier alpha value is -1.77. The highest BCUT2D eigenvalue weighted by molar-refractivity contribution is 5.61. The molecule has 0 radical (unpaired) electrons. The van der Waals surface area contributed by atoms with Gasteiger partial charge in [-0.15, -0.1) is 0 Å². The molecule has 0 atom stereocenters. The minimum atomic E-state index is -0.0272. The number of nitrogens with two attached hydrogens (primary N) is 1. The van der Waals surface area contributed by atoms with Gasteiger partial charge in [-0.2, -0.15) is 0 Å². The van der Waals surface area contributed by atoms with Gasteiger partial charge in [0.15, 0.2) is 0 Å². The molecule has 0 saturated heterocycles. The summed E-state index contributed by atoms with van der Waals surface area (Å²) in [5.41, 5.74) is 8.56. The van der Waals surface area contributed by atoms with E-state index in [1.54, 1.807) is 6.20 Å². The van der Waals surface area contributed by atoms with Crippen LogP contribution in [0.1, 0.15) is 32.1 Å². The molecule has 0 unspecified atom stereocenters. The van der Waals surface area contributed by atoms with E-state index in [0.29, 0.717) is 5.89 Å². The normalized spacial score (nSPS) is 11.8. The Kier molecular flexibility index (Phi) is 2.69. The molecule has 1 aromatic heterocycles. The summed E-state index contributed by atoms with van der Waals surface area (Å²) in [5.74, 6) is 1.51. The standard InChI is InChI=1S/C14H18N2O/c1-9-5-10(7-11(15)6-9)13-16-8-12(17-13)14(2,3)4/h5-8H,15H2,1-4H3. The number of hydrogen-bond acceptors (Lipinski definition) is 3. The lowest BCUT2D eigenvalue weighted by Crippen LogP contribution is -2.09. The van der Waals surface area contributed by atoms with Gasteiger partial charge in [0, 0.05) is 16.7 Å². The van der Waals surface area contributed by atoms with Crippen molar-refractivity contribution in [2.24, 2.45) is 0 Å². The summed E-state index contributed by atoms with van der Waals surface area (Å²) in [5, 5.41) is 0. The van der Waals surface area contributed by atoms with E-state index >= 15 is 0 Å². The van der Waals surface area contributed by atoms with E-state index in [9.17, 15) is 0 Å². The van der Waals surface area contributed by atoms with E-state index in [2.05, 4.69) is 25.8 Å². The predicted octanol–water partition coefficient (Wildman–Crippen LogP) is 3.53. The largest absolute Gasteiger partial charge is 0.441 e. The maximum absolute atomic E-state index is 5.82. The quantitative estimate of drug-likeness (QED) is 0.762. The van der Waals surface area contributed by atoms with E-state index in [1.807, 2.05) is 25.1 Å². The molecular weight excluding hydrogens is 212 g/mol. The van der Waals surface area contributed by atoms with Crippen LogP contribution < -0.4 is 5.73 Å². The molecule has 2 rings (SSSR count). The SMILES string of the molecule is Cc1cc(N)cc(-c2ncc(C(C)(C)C)o2)c1. The van der Waals surface area contributed by atoms with Crippen LogP contribution in [0.25, 0.3) is 11.5 Å². The Balaban J connectivity index is 2.44. The molecule has 0 fully saturated rings. The van der Waals surface area contributed by atoms with Crippen molar-refractivity contribution < 1.29 is 4.42 Å². The molecule has 0 spiro atoms. The molecule has 0 aliphatic carbocycles. The van der Waals surface area contributed by atoms with E-state index in [-0.39, 0.29) is 5.41 Å². The highest BCUT2D eigenvalue weighted by Gasteiger charge is 2.19. The smallest absolute Gasteiger partial charge is 0.226 e. The molecule has 0 bridgehead atoms. The van der Waals surface area contributed by atoms with Gasteiger partial charge < -0.3 is 10.2 Å². The van der Waals surface area contributed by atoms with Crippen LogP contribution in [0.2, 0.25) is 0 Å². The third-order valence-electron chi connectivity index (χ3n) is 2.59. The number of benzene rings is 1. The van der Waals surface area contributed by atoms with Crippen molar-refractivity contribution in [3.05, 3.63) is 35.7 Å². The first-order valence-corrected chi connectivity index (χ1v) is 5.70. The molecule has 1 heterocycles. The Bertz CT molecular complexity index is 515. The molecule has 17 heavy (non-hydrogen) atoms. The van der Waals surface area contributed by atoms with Crippen molar-refractivity contribution >= 4 is 5.69 Å². The van der Waals surface area contributed by atoms with Gasteiger partial charge in [0.25, 0.3) is 0 Å². The monoisotopic (exact) mass is 230 g/mol. The van der Waals surface area contributed by atoms with Crippen molar-refractivity contribution in [1.29, 1.82) is 0 Å². The Morgan fingerprint density at radius 3 is 2.41 bits per heavy atom. The summed E-state index contributed by atoms with van der Waals surface area (Å²) in [6, 6.07) is 5.83. The molecule has 0 aliphatic rings. The number of anilines is 1. The summed E-state index contributed by atoms with van der Waals surface area (Å²) in [6.45, 7) is 8.30. The predicted molar refractivity (Wildman–Crippen MR) is 69.8 cm³/mol. The highest BCUT2D eigenvalue weighted by atomic mass is 16.4. The molecule has 3 nitrogen and oxygen atoms in total. The van der Waals surface area contributed by atoms with Crippen molar-refractivity contribution in [2.75, 3.05) is 5.73 Å². The molecule has 0 aliphatic heterocycles. The van der Waals surface area contributed by atoms with E-state index in [1.165, 1.54) is 0 Å². The van der Waals surface area contributed by atoms with Gasteiger partial charge in [-0.3, -0.25) is 0 Å². The number of nitrogens with zero attached hydrogens (tertiary/aromatic N) is 1. The minimum absolute atomic E-state index is 0.0272. The zero-order valence-electron chi connectivity index (χ0n) is 10.7. The van der Waals surface area contributed by atoms with Gasteiger partial charge in [0.05, 0.1) is 6.20 Å². The fourth-order valence-corrected chi connectivity index (χ4v) is 1.69. The first-order valence-electron chi connectivity index (χ1n) is 5.70. The number of oxazole rings is 1. The third kappa shape index (κ3) is 2.49. The van der Waals surface area contributed by atoms with E-state index in [0.717, 1.165) is 22.6 Å². The molecule has 2 aromatic rings. The molecule has 0 saturated carbocycles. The van der Waals surface area contributed by atoms with Crippen LogP contribution in [0, 0.1) is 6.92 Å². The zero-order valence-corrected chi connectivity index (χ0v) is 10.7. The Morgan fingerprint density at radius 2 is 1.88 bits per heavy atom. The fraction of sp³-hybridized carbons (Fsp3) is 0.357. The van der Waals surface area contributed by atoms with Crippen LogP contribution in [0.5, 0.6) is 0 Å². The molecule has 2 N–H and O–H groups in total. The van der Waals surface area contributed by atoms with Crippen molar-refractivity contribution in [2.45, 2.75) is 33.1 Å². The molecule has 0 amide bonds. The van der Waals surface area contributed by atoms with Crippen molar-refractivity contribution in [3.63, 3.8) is 0 Å². The van der Waals surface area contributed by atoms with Gasteiger partial charge in [0.1, 0.15) is 5.76 Å². The second kappa shape index (κ2) is 3.91. The maximum Gasteiger partial charge on any atom is 0.226 e. The summed E-state index contributed by atoms with van der Waals surface area (Å²) in [6.07, 6.45) is 1.79. The molecule has 1 aromatic carbocycles. The number of nitrogen functional groups attached to an aromatic ring is 1. The Morgan fingerprint density at radius 1 is 1.18 bits per heavy atom. The molecule has 90 valence electrons. The van der Waals surface area contributed by atoms with Gasteiger partial charge in [-0.1, -0.05) is 20.8 Å². The average Bonchev–Trinajstić information content (AvgIpc) is 2.63. The number of rotatable bonds is 1. The topological polar surface area (TPSA) is 52.0 Å². The minimum Gasteiger partial charge on any atom is -0.441 e. The van der Waals surface area contributed by atoms with Crippen LogP contribution in [-0.2, 0) is 5.41 Å². The van der Waals surface area contributed by atoms with Crippen LogP contribution in [0.3, 0.4) is 0 Å². The summed E-state index contributed by atoms with van der Waals surface area (Å²) in [7, 11) is 0. The molecule has 3 heteroatoms. The van der Waals surface area contributed by atoms with Gasteiger partial charge in [-0.05, 0) is 30.7 Å². The van der Waals surface area contributed by atoms with Gasteiger partial charge in [0.2, 0.25) is 5.89 Å². The first-order chi connectivity index (χ1) is 7.86. The second-order valence-corrected chi connectivity index (χ2v) is 5.41. The number of aromatic nitrogens is 1. The van der Waals surface area contributed by atoms with Gasteiger partial charge in [-0.25, -0.2) is 4.98 Å². The average molecular weight is 230 g/mol. The lowest BCUT2D eigenvalue weighted by Gasteiger charge is -2.13. The summed E-state index contributed by atoms with van der Waals surface area (Å²) >= 11 is 0. The van der Waals surface area contributed by atoms with Crippen molar-refractivity contribution in [1.82, 2.24) is 4.98 Å². The lowest BCUT2D eigenvalue weighted by molar-refractivity contribution is 0.416. The number of aryl methyl sites for hydroxylation is 1. The Labute approximate surface area is 102 Å². The fourth-order valence-electron chi connectivity index (χ4n) is 1.69. The van der Waals surface area contributed by atoms with E-state index < -0.39 is 0 Å². The third-order valence-corrected chi connectivity index (χ3v) is 2.59.